The van der Waals surface area contributed by atoms with Crippen LogP contribution < -0.4 is 0 Å². The molecule has 1 atom stereocenters. The van der Waals surface area contributed by atoms with Crippen molar-refractivity contribution in [2.24, 2.45) is 5.92 Å². The molecule has 122 valence electrons. The van der Waals surface area contributed by atoms with Crippen LogP contribution in [-0.4, -0.2) is 46.5 Å². The molecule has 1 amide bonds. The van der Waals surface area contributed by atoms with Crippen LogP contribution in [0.2, 0.25) is 5.15 Å². The maximum Gasteiger partial charge on any atom is 0.410 e. The summed E-state index contributed by atoms with van der Waals surface area (Å²) in [7, 11) is 0. The number of hydrogen-bond donors (Lipinski definition) is 0. The fourth-order valence-corrected chi connectivity index (χ4v) is 2.31. The van der Waals surface area contributed by atoms with Crippen LogP contribution in [0.15, 0.2) is 12.1 Å². The van der Waals surface area contributed by atoms with Gasteiger partial charge in [0.1, 0.15) is 5.60 Å². The number of halogens is 1. The molecule has 1 saturated heterocycles. The van der Waals surface area contributed by atoms with E-state index in [1.54, 1.807) is 17.0 Å². The Balaban J connectivity index is 1.70. The largest absolute Gasteiger partial charge is 0.444 e. The van der Waals surface area contributed by atoms with E-state index in [1.807, 2.05) is 20.8 Å². The highest BCUT2D eigenvalue weighted by atomic mass is 35.5. The predicted molar refractivity (Wildman–Crippen MR) is 82.6 cm³/mol. The Labute approximate surface area is 135 Å². The first kappa shape index (κ1) is 17.0. The number of carbonyl (C=O) groups excluding carboxylic acids is 1. The van der Waals surface area contributed by atoms with Gasteiger partial charge in [-0.25, -0.2) is 4.79 Å². The number of likely N-dealkylation sites (tertiary alicyclic amines) is 1. The van der Waals surface area contributed by atoms with Crippen molar-refractivity contribution in [3.05, 3.63) is 23.0 Å². The lowest BCUT2D eigenvalue weighted by molar-refractivity contribution is 0.0270. The molecule has 1 aromatic rings. The molecule has 1 aliphatic heterocycles. The van der Waals surface area contributed by atoms with Crippen LogP contribution in [0.25, 0.3) is 0 Å². The zero-order valence-electron chi connectivity index (χ0n) is 13.2. The van der Waals surface area contributed by atoms with Crippen molar-refractivity contribution in [3.8, 4) is 0 Å². The van der Waals surface area contributed by atoms with Crippen LogP contribution in [-0.2, 0) is 16.1 Å². The molecule has 0 aliphatic carbocycles. The van der Waals surface area contributed by atoms with E-state index in [1.165, 1.54) is 0 Å². The van der Waals surface area contributed by atoms with Crippen molar-refractivity contribution in [1.29, 1.82) is 0 Å². The smallest absolute Gasteiger partial charge is 0.410 e. The van der Waals surface area contributed by atoms with Crippen LogP contribution in [0.1, 0.15) is 32.9 Å². The Hall–Kier alpha value is -1.40. The van der Waals surface area contributed by atoms with Gasteiger partial charge in [-0.1, -0.05) is 11.6 Å². The molecular formula is C15H22ClN3O3. The molecule has 0 radical (unpaired) electrons. The molecular weight excluding hydrogens is 306 g/mol. The first-order valence-electron chi connectivity index (χ1n) is 7.37. The minimum Gasteiger partial charge on any atom is -0.444 e. The van der Waals surface area contributed by atoms with Crippen LogP contribution >= 0.6 is 11.6 Å². The molecule has 2 rings (SSSR count). The van der Waals surface area contributed by atoms with Crippen LogP contribution in [0.3, 0.4) is 0 Å². The lowest BCUT2D eigenvalue weighted by atomic mass is 10.1. The topological polar surface area (TPSA) is 64.5 Å². The summed E-state index contributed by atoms with van der Waals surface area (Å²) in [5.74, 6) is 0.327. The Morgan fingerprint density at radius 3 is 2.82 bits per heavy atom. The van der Waals surface area contributed by atoms with E-state index in [2.05, 4.69) is 10.2 Å². The molecule has 0 N–H and O–H groups in total. The van der Waals surface area contributed by atoms with E-state index in [4.69, 9.17) is 21.1 Å². The highest BCUT2D eigenvalue weighted by Gasteiger charge is 2.29. The third-order valence-electron chi connectivity index (χ3n) is 3.23. The average molecular weight is 328 g/mol. The standard InChI is InChI=1S/C15H22ClN3O3/c1-15(2,3)22-14(20)19-7-6-11(8-19)9-21-10-12-4-5-13(16)18-17-12/h4-5,11H,6-10H2,1-3H3. The molecule has 0 saturated carbocycles. The third kappa shape index (κ3) is 5.42. The van der Waals surface area contributed by atoms with Crippen molar-refractivity contribution >= 4 is 17.7 Å². The molecule has 1 unspecified atom stereocenters. The monoisotopic (exact) mass is 327 g/mol. The Morgan fingerprint density at radius 2 is 2.18 bits per heavy atom. The zero-order chi connectivity index (χ0) is 16.2. The second-order valence-electron chi connectivity index (χ2n) is 6.44. The van der Waals surface area contributed by atoms with Crippen molar-refractivity contribution in [3.63, 3.8) is 0 Å². The third-order valence-corrected chi connectivity index (χ3v) is 3.43. The molecule has 1 aliphatic rings. The van der Waals surface area contributed by atoms with Gasteiger partial charge in [-0.05, 0) is 39.3 Å². The summed E-state index contributed by atoms with van der Waals surface area (Å²) in [4.78, 5) is 13.7. The molecule has 2 heterocycles. The average Bonchev–Trinajstić information content (AvgIpc) is 2.88. The Morgan fingerprint density at radius 1 is 1.41 bits per heavy atom. The number of amides is 1. The summed E-state index contributed by atoms with van der Waals surface area (Å²) >= 11 is 5.68. The molecule has 1 fully saturated rings. The first-order valence-corrected chi connectivity index (χ1v) is 7.75. The van der Waals surface area contributed by atoms with Gasteiger partial charge in [-0.2, -0.15) is 5.10 Å². The van der Waals surface area contributed by atoms with E-state index in [0.29, 0.717) is 37.4 Å². The van der Waals surface area contributed by atoms with Crippen molar-refractivity contribution in [2.75, 3.05) is 19.7 Å². The van der Waals surface area contributed by atoms with Gasteiger partial charge >= 0.3 is 6.09 Å². The SMILES string of the molecule is CC(C)(C)OC(=O)N1CCC(COCc2ccc(Cl)nn2)C1. The highest BCUT2D eigenvalue weighted by molar-refractivity contribution is 6.29. The van der Waals surface area contributed by atoms with Crippen LogP contribution in [0.5, 0.6) is 0 Å². The summed E-state index contributed by atoms with van der Waals surface area (Å²) in [6.07, 6.45) is 0.671. The lowest BCUT2D eigenvalue weighted by Crippen LogP contribution is -2.35. The molecule has 6 nitrogen and oxygen atoms in total. The van der Waals surface area contributed by atoms with Crippen molar-refractivity contribution in [1.82, 2.24) is 15.1 Å². The first-order chi connectivity index (χ1) is 10.3. The highest BCUT2D eigenvalue weighted by Crippen LogP contribution is 2.20. The maximum atomic E-state index is 12.0. The van der Waals surface area contributed by atoms with Gasteiger partial charge in [-0.3, -0.25) is 0 Å². The van der Waals surface area contributed by atoms with Crippen molar-refractivity contribution in [2.45, 2.75) is 39.4 Å². The van der Waals surface area contributed by atoms with Gasteiger partial charge < -0.3 is 14.4 Å². The number of hydrogen-bond acceptors (Lipinski definition) is 5. The molecule has 0 aromatic carbocycles. The number of carbonyl (C=O) groups is 1. The van der Waals surface area contributed by atoms with E-state index >= 15 is 0 Å². The van der Waals surface area contributed by atoms with E-state index in [0.717, 1.165) is 12.1 Å². The second kappa shape index (κ2) is 7.24. The molecule has 22 heavy (non-hydrogen) atoms. The molecule has 1 aromatic heterocycles. The quantitative estimate of drug-likeness (QED) is 0.850. The number of aromatic nitrogens is 2. The summed E-state index contributed by atoms with van der Waals surface area (Å²) in [5, 5.41) is 8.07. The normalized spacial score (nSPS) is 18.5. The maximum absolute atomic E-state index is 12.0. The fraction of sp³-hybridized carbons (Fsp3) is 0.667. The second-order valence-corrected chi connectivity index (χ2v) is 6.83. The Bertz CT molecular complexity index is 502. The minimum absolute atomic E-state index is 0.251. The number of ether oxygens (including phenoxy) is 2. The van der Waals surface area contributed by atoms with Crippen LogP contribution in [0.4, 0.5) is 4.79 Å². The van der Waals surface area contributed by atoms with E-state index in [9.17, 15) is 4.79 Å². The molecule has 7 heteroatoms. The Kier molecular flexibility index (Phi) is 5.58. The van der Waals surface area contributed by atoms with Gasteiger partial charge in [0, 0.05) is 19.0 Å². The van der Waals surface area contributed by atoms with Gasteiger partial charge in [0.15, 0.2) is 5.15 Å². The predicted octanol–water partition coefficient (Wildman–Crippen LogP) is 2.90. The van der Waals surface area contributed by atoms with Gasteiger partial charge in [0.2, 0.25) is 0 Å². The minimum atomic E-state index is -0.459. The molecule has 0 bridgehead atoms. The van der Waals surface area contributed by atoms with Crippen molar-refractivity contribution < 1.29 is 14.3 Å². The van der Waals surface area contributed by atoms with E-state index < -0.39 is 5.60 Å². The summed E-state index contributed by atoms with van der Waals surface area (Å²) in [6.45, 7) is 7.97. The van der Waals surface area contributed by atoms with E-state index in [-0.39, 0.29) is 6.09 Å². The summed E-state index contributed by atoms with van der Waals surface area (Å²) in [5.41, 5.74) is 0.283. The number of nitrogens with zero attached hydrogens (tertiary/aromatic N) is 3. The molecule has 0 spiro atoms. The zero-order valence-corrected chi connectivity index (χ0v) is 14.0. The fourth-order valence-electron chi connectivity index (χ4n) is 2.21. The number of rotatable bonds is 4. The lowest BCUT2D eigenvalue weighted by Gasteiger charge is -2.24. The summed E-state index contributed by atoms with van der Waals surface area (Å²) in [6, 6.07) is 3.48. The summed E-state index contributed by atoms with van der Waals surface area (Å²) < 4.78 is 11.0. The van der Waals surface area contributed by atoms with Crippen LogP contribution in [0, 0.1) is 5.92 Å². The van der Waals surface area contributed by atoms with Gasteiger partial charge in [0.05, 0.1) is 18.9 Å². The van der Waals surface area contributed by atoms with Gasteiger partial charge in [0.25, 0.3) is 0 Å². The van der Waals surface area contributed by atoms with Gasteiger partial charge in [-0.15, -0.1) is 5.10 Å².